The molecule has 0 bridgehead atoms. The summed E-state index contributed by atoms with van der Waals surface area (Å²) >= 11 is 0. The summed E-state index contributed by atoms with van der Waals surface area (Å²) in [7, 11) is -3.61. The zero-order valence-electron chi connectivity index (χ0n) is 17.8. The highest BCUT2D eigenvalue weighted by molar-refractivity contribution is 7.89. The van der Waals surface area contributed by atoms with Gasteiger partial charge in [0, 0.05) is 38.6 Å². The van der Waals surface area contributed by atoms with E-state index in [-0.39, 0.29) is 16.8 Å². The summed E-state index contributed by atoms with van der Waals surface area (Å²) in [6, 6.07) is 16.0. The van der Waals surface area contributed by atoms with Crippen molar-refractivity contribution in [1.29, 1.82) is 0 Å². The molecule has 0 unspecified atom stereocenters. The number of carbonyl (C=O) groups excluding carboxylic acids is 1. The molecule has 1 aliphatic heterocycles. The van der Waals surface area contributed by atoms with Crippen LogP contribution in [0, 0.1) is 0 Å². The minimum atomic E-state index is -3.61. The van der Waals surface area contributed by atoms with Crippen LogP contribution >= 0.6 is 0 Å². The van der Waals surface area contributed by atoms with Crippen LogP contribution in [-0.2, 0) is 21.2 Å². The molecular formula is C23H31N3O3S. The molecule has 1 saturated heterocycles. The van der Waals surface area contributed by atoms with Gasteiger partial charge >= 0.3 is 0 Å². The predicted molar refractivity (Wildman–Crippen MR) is 119 cm³/mol. The number of nitrogens with zero attached hydrogens (tertiary/aromatic N) is 2. The normalized spacial score (nSPS) is 16.4. The molecule has 1 amide bonds. The summed E-state index contributed by atoms with van der Waals surface area (Å²) in [4.78, 5) is 17.0. The predicted octanol–water partition coefficient (Wildman–Crippen LogP) is 2.82. The summed E-state index contributed by atoms with van der Waals surface area (Å²) in [5, 5.41) is 0. The van der Waals surface area contributed by atoms with Crippen molar-refractivity contribution in [1.82, 2.24) is 14.5 Å². The molecule has 30 heavy (non-hydrogen) atoms. The number of sulfonamides is 1. The number of rotatable bonds is 8. The van der Waals surface area contributed by atoms with Crippen LogP contribution in [0.4, 0.5) is 0 Å². The first-order valence-electron chi connectivity index (χ1n) is 10.6. The molecule has 0 spiro atoms. The van der Waals surface area contributed by atoms with E-state index >= 15 is 0 Å². The van der Waals surface area contributed by atoms with E-state index in [1.54, 1.807) is 24.3 Å². The Kier molecular flexibility index (Phi) is 7.64. The second-order valence-corrected chi connectivity index (χ2v) is 9.43. The van der Waals surface area contributed by atoms with E-state index in [1.807, 2.05) is 42.2 Å². The average molecular weight is 430 g/mol. The van der Waals surface area contributed by atoms with Crippen molar-refractivity contribution in [3.05, 3.63) is 65.7 Å². The molecule has 7 heteroatoms. The van der Waals surface area contributed by atoms with Gasteiger partial charge in [0.15, 0.2) is 0 Å². The maximum absolute atomic E-state index is 12.7. The Morgan fingerprint density at radius 3 is 2.23 bits per heavy atom. The van der Waals surface area contributed by atoms with Gasteiger partial charge in [0.25, 0.3) is 0 Å². The van der Waals surface area contributed by atoms with E-state index in [0.29, 0.717) is 12.8 Å². The molecule has 1 N–H and O–H groups in total. The Labute approximate surface area is 179 Å². The number of piperazine rings is 1. The first-order valence-corrected chi connectivity index (χ1v) is 12.0. The van der Waals surface area contributed by atoms with Gasteiger partial charge in [0.1, 0.15) is 0 Å². The minimum Gasteiger partial charge on any atom is -0.340 e. The van der Waals surface area contributed by atoms with Crippen LogP contribution in [0.1, 0.15) is 37.4 Å². The number of benzene rings is 2. The molecule has 2 aromatic carbocycles. The number of hydrogen-bond donors (Lipinski definition) is 1. The van der Waals surface area contributed by atoms with E-state index < -0.39 is 10.0 Å². The Balaban J connectivity index is 1.53. The van der Waals surface area contributed by atoms with Gasteiger partial charge in [-0.15, -0.1) is 0 Å². The lowest BCUT2D eigenvalue weighted by molar-refractivity contribution is -0.132. The Morgan fingerprint density at radius 1 is 1.00 bits per heavy atom. The topological polar surface area (TPSA) is 69.7 Å². The van der Waals surface area contributed by atoms with Gasteiger partial charge in [-0.1, -0.05) is 49.4 Å². The van der Waals surface area contributed by atoms with Gasteiger partial charge < -0.3 is 9.80 Å². The summed E-state index contributed by atoms with van der Waals surface area (Å²) in [6.45, 7) is 8.43. The number of amides is 1. The van der Waals surface area contributed by atoms with Crippen LogP contribution in [0.3, 0.4) is 0 Å². The third-order valence-electron chi connectivity index (χ3n) is 5.66. The first-order chi connectivity index (χ1) is 14.4. The number of hydrogen-bond acceptors (Lipinski definition) is 4. The fraction of sp³-hybridized carbons (Fsp3) is 0.435. The van der Waals surface area contributed by atoms with Crippen LogP contribution in [0.2, 0.25) is 0 Å². The summed E-state index contributed by atoms with van der Waals surface area (Å²) in [5.74, 6) is 0.167. The lowest BCUT2D eigenvalue weighted by Crippen LogP contribution is -2.48. The van der Waals surface area contributed by atoms with Crippen LogP contribution in [0.15, 0.2) is 59.5 Å². The average Bonchev–Trinajstić information content (AvgIpc) is 2.78. The van der Waals surface area contributed by atoms with E-state index in [9.17, 15) is 13.2 Å². The second kappa shape index (κ2) is 10.2. The molecule has 1 fully saturated rings. The van der Waals surface area contributed by atoms with E-state index in [2.05, 4.69) is 16.5 Å². The molecule has 6 nitrogen and oxygen atoms in total. The second-order valence-electron chi connectivity index (χ2n) is 7.71. The highest BCUT2D eigenvalue weighted by Gasteiger charge is 2.20. The molecule has 0 saturated carbocycles. The van der Waals surface area contributed by atoms with Gasteiger partial charge in [0.05, 0.1) is 4.90 Å². The maximum Gasteiger partial charge on any atom is 0.241 e. The van der Waals surface area contributed by atoms with Gasteiger partial charge in [0.2, 0.25) is 15.9 Å². The Morgan fingerprint density at radius 2 is 1.63 bits per heavy atom. The van der Waals surface area contributed by atoms with E-state index in [4.69, 9.17) is 0 Å². The molecule has 1 aliphatic rings. The summed E-state index contributed by atoms with van der Waals surface area (Å²) < 4.78 is 28.1. The van der Waals surface area contributed by atoms with E-state index in [1.165, 1.54) is 0 Å². The maximum atomic E-state index is 12.7. The molecule has 1 atom stereocenters. The van der Waals surface area contributed by atoms with Crippen LogP contribution < -0.4 is 4.72 Å². The number of aryl methyl sites for hydroxylation is 1. The molecule has 162 valence electrons. The molecule has 0 radical (unpaired) electrons. The standard InChI is InChI=1S/C23H31N3O3S/c1-3-25-15-17-26(18-16-25)23(27)14-11-20-9-12-22(13-10-20)30(28,29)24-19(2)21-7-5-4-6-8-21/h4-10,12-13,19,24H,3,11,14-18H2,1-2H3/t19-/m0/s1. The van der Waals surface area contributed by atoms with Crippen molar-refractivity contribution in [3.63, 3.8) is 0 Å². The largest absolute Gasteiger partial charge is 0.340 e. The number of carbonyl (C=O) groups is 1. The zero-order chi connectivity index (χ0) is 21.6. The number of nitrogens with one attached hydrogen (secondary N) is 1. The van der Waals surface area contributed by atoms with Crippen molar-refractivity contribution in [2.75, 3.05) is 32.7 Å². The lowest BCUT2D eigenvalue weighted by atomic mass is 10.1. The fourth-order valence-electron chi connectivity index (χ4n) is 3.67. The van der Waals surface area contributed by atoms with Crippen molar-refractivity contribution in [2.24, 2.45) is 0 Å². The third-order valence-corrected chi connectivity index (χ3v) is 7.22. The fourth-order valence-corrected chi connectivity index (χ4v) is 4.90. The van der Waals surface area contributed by atoms with Crippen molar-refractivity contribution < 1.29 is 13.2 Å². The van der Waals surface area contributed by atoms with E-state index in [0.717, 1.165) is 43.9 Å². The Bertz CT molecular complexity index is 922. The SMILES string of the molecule is CCN1CCN(C(=O)CCc2ccc(S(=O)(=O)N[C@@H](C)c3ccccc3)cc2)CC1. The van der Waals surface area contributed by atoms with Gasteiger partial charge in [-0.25, -0.2) is 13.1 Å². The summed E-state index contributed by atoms with van der Waals surface area (Å²) in [5.41, 5.74) is 1.88. The lowest BCUT2D eigenvalue weighted by Gasteiger charge is -2.34. The summed E-state index contributed by atoms with van der Waals surface area (Å²) in [6.07, 6.45) is 1.06. The highest BCUT2D eigenvalue weighted by atomic mass is 32.2. The smallest absolute Gasteiger partial charge is 0.241 e. The van der Waals surface area contributed by atoms with Crippen LogP contribution in [0.5, 0.6) is 0 Å². The molecule has 3 rings (SSSR count). The van der Waals surface area contributed by atoms with Crippen LogP contribution in [-0.4, -0.2) is 56.8 Å². The van der Waals surface area contributed by atoms with Gasteiger partial charge in [-0.05, 0) is 43.1 Å². The quantitative estimate of drug-likeness (QED) is 0.701. The Hall–Kier alpha value is -2.22. The highest BCUT2D eigenvalue weighted by Crippen LogP contribution is 2.18. The minimum absolute atomic E-state index is 0.167. The third kappa shape index (κ3) is 5.90. The van der Waals surface area contributed by atoms with Gasteiger partial charge in [-0.3, -0.25) is 4.79 Å². The van der Waals surface area contributed by atoms with Crippen molar-refractivity contribution >= 4 is 15.9 Å². The molecule has 0 aromatic heterocycles. The zero-order valence-corrected chi connectivity index (χ0v) is 18.6. The molecule has 0 aliphatic carbocycles. The molecule has 1 heterocycles. The van der Waals surface area contributed by atoms with Crippen molar-refractivity contribution in [2.45, 2.75) is 37.6 Å². The van der Waals surface area contributed by atoms with Crippen LogP contribution in [0.25, 0.3) is 0 Å². The van der Waals surface area contributed by atoms with Gasteiger partial charge in [-0.2, -0.15) is 0 Å². The first kappa shape index (κ1) is 22.5. The van der Waals surface area contributed by atoms with Crippen molar-refractivity contribution in [3.8, 4) is 0 Å². The monoisotopic (exact) mass is 429 g/mol. The molecular weight excluding hydrogens is 398 g/mol. The number of likely N-dealkylation sites (N-methyl/N-ethyl adjacent to an activating group) is 1. The molecule has 2 aromatic rings.